The van der Waals surface area contributed by atoms with E-state index < -0.39 is 9.96 Å². The molecule has 2 N–H and O–H groups in total. The quantitative estimate of drug-likeness (QED) is 0.432. The summed E-state index contributed by atoms with van der Waals surface area (Å²) in [6.45, 7) is 0. The summed E-state index contributed by atoms with van der Waals surface area (Å²) in [4.78, 5) is 13.0. The number of urea groups is 1. The molecule has 1 rings (SSSR count). The highest BCUT2D eigenvalue weighted by Crippen LogP contribution is 2.32. The van der Waals surface area contributed by atoms with Crippen LogP contribution in [0.25, 0.3) is 0 Å². The number of anilines is 1. The summed E-state index contributed by atoms with van der Waals surface area (Å²) >= 11 is 19.8. The lowest BCUT2D eigenvalue weighted by Gasteiger charge is -2.29. The van der Waals surface area contributed by atoms with E-state index in [-0.39, 0.29) is 6.03 Å². The predicted molar refractivity (Wildman–Crippen MR) is 89.1 cm³/mol. The number of carbonyl (C=O) groups excluding carboxylic acids is 1. The van der Waals surface area contributed by atoms with Crippen LogP contribution in [0.1, 0.15) is 0 Å². The third kappa shape index (κ3) is 5.41. The van der Waals surface area contributed by atoms with Crippen LogP contribution in [0.15, 0.2) is 24.3 Å². The van der Waals surface area contributed by atoms with Gasteiger partial charge in [-0.1, -0.05) is 46.9 Å². The second-order valence-electron chi connectivity index (χ2n) is 3.94. The van der Waals surface area contributed by atoms with Gasteiger partial charge in [0.2, 0.25) is 3.79 Å². The van der Waals surface area contributed by atoms with Gasteiger partial charge in [-0.3, -0.25) is 0 Å². The smallest absolute Gasteiger partial charge is 0.318 e. The molecule has 0 unspecified atom stereocenters. The number of benzene rings is 1. The van der Waals surface area contributed by atoms with Crippen molar-refractivity contribution in [1.29, 1.82) is 0 Å². The number of carbonyl (C=O) groups is 1. The van der Waals surface area contributed by atoms with Crippen LogP contribution in [0.5, 0.6) is 0 Å². The molecule has 106 valence electrons. The Morgan fingerprint density at radius 2 is 1.89 bits per heavy atom. The Morgan fingerprint density at radius 3 is 2.37 bits per heavy atom. The van der Waals surface area contributed by atoms with Gasteiger partial charge in [0.1, 0.15) is 6.17 Å². The van der Waals surface area contributed by atoms with Crippen molar-refractivity contribution in [3.63, 3.8) is 0 Å². The van der Waals surface area contributed by atoms with Gasteiger partial charge in [0.25, 0.3) is 0 Å². The van der Waals surface area contributed by atoms with Gasteiger partial charge in [-0.2, -0.15) is 0 Å². The number of nitrogens with one attached hydrogen (secondary N) is 2. The molecule has 1 aromatic rings. The Kier molecular flexibility index (Phi) is 6.29. The molecule has 0 spiro atoms. The van der Waals surface area contributed by atoms with Gasteiger partial charge in [0.15, 0.2) is 0 Å². The highest BCUT2D eigenvalue weighted by atomic mass is 127. The molecule has 4 nitrogen and oxygen atoms in total. The maximum atomic E-state index is 11.7. The average Bonchev–Trinajstić information content (AvgIpc) is 2.29. The Hall–Kier alpha value is -0.110. The number of hydrogen-bond acceptors (Lipinski definition) is 2. The summed E-state index contributed by atoms with van der Waals surface area (Å²) in [5.41, 5.74) is 0.776. The van der Waals surface area contributed by atoms with Crippen LogP contribution in [0.4, 0.5) is 10.5 Å². The van der Waals surface area contributed by atoms with Crippen LogP contribution in [0.3, 0.4) is 0 Å². The van der Waals surface area contributed by atoms with Crippen molar-refractivity contribution in [3.8, 4) is 0 Å². The Morgan fingerprint density at radius 1 is 1.32 bits per heavy atom. The number of nitrogens with zero attached hydrogens (tertiary/aromatic N) is 1. The Labute approximate surface area is 140 Å². The van der Waals surface area contributed by atoms with Gasteiger partial charge in [-0.15, -0.1) is 0 Å². The molecule has 0 heterocycles. The van der Waals surface area contributed by atoms with Gasteiger partial charge in [0, 0.05) is 23.4 Å². The summed E-state index contributed by atoms with van der Waals surface area (Å²) in [6, 6.07) is 7.15. The topological polar surface area (TPSA) is 44.4 Å². The SMILES string of the molecule is CN(C)C(=O)N[C@@H](Nc1ccccc1I)C(Cl)(Cl)Cl. The first-order chi connectivity index (χ1) is 8.71. The summed E-state index contributed by atoms with van der Waals surface area (Å²) in [7, 11) is 3.22. The number of alkyl halides is 3. The molecule has 8 heteroatoms. The molecule has 0 saturated heterocycles. The van der Waals surface area contributed by atoms with E-state index >= 15 is 0 Å². The fourth-order valence-electron chi connectivity index (χ4n) is 1.19. The molecular weight excluding hydrogens is 423 g/mol. The van der Waals surface area contributed by atoms with Crippen LogP contribution in [-0.4, -0.2) is 35.0 Å². The van der Waals surface area contributed by atoms with Crippen molar-refractivity contribution in [3.05, 3.63) is 27.8 Å². The zero-order valence-electron chi connectivity index (χ0n) is 10.3. The minimum Gasteiger partial charge on any atom is -0.361 e. The maximum absolute atomic E-state index is 11.7. The standard InChI is InChI=1S/C11H13Cl3IN3O/c1-18(2)10(19)17-9(11(12,13)14)16-8-6-4-3-5-7(8)15/h3-6,9,16H,1-2H3,(H,17,19)/t9-/m1/s1. The molecule has 0 aliphatic heterocycles. The minimum absolute atomic E-state index is 0.352. The lowest BCUT2D eigenvalue weighted by Crippen LogP contribution is -2.52. The molecule has 19 heavy (non-hydrogen) atoms. The second-order valence-corrected chi connectivity index (χ2v) is 7.47. The number of rotatable bonds is 3. The van der Waals surface area contributed by atoms with E-state index in [0.717, 1.165) is 9.26 Å². The summed E-state index contributed by atoms with van der Waals surface area (Å²) in [5.74, 6) is 0. The number of halogens is 4. The molecule has 0 aromatic heterocycles. The monoisotopic (exact) mass is 435 g/mol. The van der Waals surface area contributed by atoms with E-state index in [1.807, 2.05) is 24.3 Å². The summed E-state index contributed by atoms with van der Waals surface area (Å²) in [6.07, 6.45) is -0.844. The molecule has 0 fully saturated rings. The van der Waals surface area contributed by atoms with Crippen molar-refractivity contribution in [1.82, 2.24) is 10.2 Å². The number of hydrogen-bond donors (Lipinski definition) is 2. The van der Waals surface area contributed by atoms with Crippen molar-refractivity contribution in [2.45, 2.75) is 9.96 Å². The van der Waals surface area contributed by atoms with E-state index in [1.165, 1.54) is 4.90 Å². The van der Waals surface area contributed by atoms with Crippen molar-refractivity contribution in [2.24, 2.45) is 0 Å². The Bertz CT molecular complexity index is 451. The van der Waals surface area contributed by atoms with Crippen LogP contribution in [-0.2, 0) is 0 Å². The minimum atomic E-state index is -1.68. The van der Waals surface area contributed by atoms with Crippen LogP contribution in [0.2, 0.25) is 0 Å². The van der Waals surface area contributed by atoms with Gasteiger partial charge in [-0.05, 0) is 34.7 Å². The predicted octanol–water partition coefficient (Wildman–Crippen LogP) is 3.67. The highest BCUT2D eigenvalue weighted by Gasteiger charge is 2.34. The Balaban J connectivity index is 2.88. The molecule has 0 saturated carbocycles. The van der Waals surface area contributed by atoms with Crippen LogP contribution < -0.4 is 10.6 Å². The zero-order chi connectivity index (χ0) is 14.6. The van der Waals surface area contributed by atoms with Gasteiger partial charge >= 0.3 is 6.03 Å². The first-order valence-corrected chi connectivity index (χ1v) is 7.48. The third-order valence-electron chi connectivity index (χ3n) is 2.18. The van der Waals surface area contributed by atoms with E-state index in [2.05, 4.69) is 33.2 Å². The van der Waals surface area contributed by atoms with Crippen molar-refractivity contribution in [2.75, 3.05) is 19.4 Å². The lowest BCUT2D eigenvalue weighted by atomic mass is 10.3. The van der Waals surface area contributed by atoms with Crippen LogP contribution in [0, 0.1) is 3.57 Å². The highest BCUT2D eigenvalue weighted by molar-refractivity contribution is 14.1. The van der Waals surface area contributed by atoms with E-state index in [1.54, 1.807) is 14.1 Å². The molecule has 1 aromatic carbocycles. The molecule has 0 aliphatic rings. The van der Waals surface area contributed by atoms with Crippen molar-refractivity contribution < 1.29 is 4.79 Å². The molecule has 0 bridgehead atoms. The second kappa shape index (κ2) is 7.06. The largest absolute Gasteiger partial charge is 0.361 e. The molecule has 0 aliphatic carbocycles. The molecule has 0 radical (unpaired) electrons. The van der Waals surface area contributed by atoms with Crippen molar-refractivity contribution >= 4 is 69.1 Å². The summed E-state index contributed by atoms with van der Waals surface area (Å²) < 4.78 is -0.719. The van der Waals surface area contributed by atoms with Gasteiger partial charge in [-0.25, -0.2) is 4.79 Å². The number of para-hydroxylation sites is 1. The molecule has 1 atom stereocenters. The van der Waals surface area contributed by atoms with E-state index in [0.29, 0.717) is 0 Å². The molecule has 2 amide bonds. The third-order valence-corrected chi connectivity index (χ3v) is 3.77. The summed E-state index contributed by atoms with van der Waals surface area (Å²) in [5, 5.41) is 5.62. The average molecular weight is 437 g/mol. The van der Waals surface area contributed by atoms with E-state index in [9.17, 15) is 4.79 Å². The number of amides is 2. The van der Waals surface area contributed by atoms with Gasteiger partial charge in [0.05, 0.1) is 0 Å². The van der Waals surface area contributed by atoms with Gasteiger partial charge < -0.3 is 15.5 Å². The lowest BCUT2D eigenvalue weighted by molar-refractivity contribution is 0.214. The normalized spacial score (nSPS) is 12.7. The zero-order valence-corrected chi connectivity index (χ0v) is 14.7. The van der Waals surface area contributed by atoms with E-state index in [4.69, 9.17) is 34.8 Å². The maximum Gasteiger partial charge on any atom is 0.318 e. The first kappa shape index (κ1) is 16.9. The first-order valence-electron chi connectivity index (χ1n) is 5.27. The fourth-order valence-corrected chi connectivity index (χ4v) is 2.06. The molecular formula is C11H13Cl3IN3O. The fraction of sp³-hybridized carbons (Fsp3) is 0.364. The van der Waals surface area contributed by atoms with Crippen LogP contribution >= 0.6 is 57.4 Å².